The summed E-state index contributed by atoms with van der Waals surface area (Å²) in [5, 5.41) is 1.77. The molecule has 0 saturated carbocycles. The van der Waals surface area contributed by atoms with Crippen molar-refractivity contribution in [1.82, 2.24) is 0 Å². The Hall–Kier alpha value is -1.95. The van der Waals surface area contributed by atoms with E-state index in [1.165, 1.54) is 18.2 Å². The Kier molecular flexibility index (Phi) is 4.90. The quantitative estimate of drug-likeness (QED) is 0.847. The van der Waals surface area contributed by atoms with Crippen LogP contribution in [0.4, 0.5) is 23.7 Å². The van der Waals surface area contributed by atoms with E-state index in [4.69, 9.17) is 0 Å². The van der Waals surface area contributed by atoms with Crippen LogP contribution >= 0.6 is 11.8 Å². The maximum absolute atomic E-state index is 12.8. The summed E-state index contributed by atoms with van der Waals surface area (Å²) in [6, 6.07) is 14.2. The van der Waals surface area contributed by atoms with E-state index in [2.05, 4.69) is 5.32 Å². The highest BCUT2D eigenvalue weighted by atomic mass is 32.2. The summed E-state index contributed by atoms with van der Waals surface area (Å²) in [6.07, 6.45) is -4.49. The molecule has 2 rings (SSSR count). The smallest absolute Gasteiger partial charge is 0.316 e. The third-order valence-corrected chi connectivity index (χ3v) is 3.52. The van der Waals surface area contributed by atoms with Crippen LogP contribution in [-0.2, 0) is 11.9 Å². The van der Waals surface area contributed by atoms with E-state index in [0.717, 1.165) is 23.4 Å². The Morgan fingerprint density at radius 2 is 1.62 bits per heavy atom. The van der Waals surface area contributed by atoms with Gasteiger partial charge in [0.1, 0.15) is 0 Å². The molecule has 0 bridgehead atoms. The van der Waals surface area contributed by atoms with E-state index in [-0.39, 0.29) is 5.69 Å². The van der Waals surface area contributed by atoms with Crippen molar-refractivity contribution >= 4 is 22.7 Å². The molecule has 2 nitrogen and oxygen atoms in total. The predicted molar refractivity (Wildman–Crippen MR) is 78.2 cm³/mol. The summed E-state index contributed by atoms with van der Waals surface area (Å²) in [4.78, 5) is 11.7. The van der Waals surface area contributed by atoms with Crippen molar-refractivity contribution in [1.29, 1.82) is 0 Å². The number of nitrogens with one attached hydrogen (secondary N) is 1. The number of carbonyl (C=O) groups excluding carboxylic acids is 1. The molecule has 0 aliphatic heterocycles. The van der Waals surface area contributed by atoms with Gasteiger partial charge in [-0.15, -0.1) is 0 Å². The highest BCUT2D eigenvalue weighted by molar-refractivity contribution is 8.13. The van der Waals surface area contributed by atoms with Crippen molar-refractivity contribution in [3.05, 3.63) is 65.7 Å². The maximum Gasteiger partial charge on any atom is 0.418 e. The number of rotatable bonds is 3. The van der Waals surface area contributed by atoms with Crippen LogP contribution < -0.4 is 5.32 Å². The van der Waals surface area contributed by atoms with Gasteiger partial charge in [-0.1, -0.05) is 54.2 Å². The van der Waals surface area contributed by atoms with Gasteiger partial charge in [-0.25, -0.2) is 0 Å². The topological polar surface area (TPSA) is 29.1 Å². The van der Waals surface area contributed by atoms with Crippen molar-refractivity contribution in [2.45, 2.75) is 11.9 Å². The van der Waals surface area contributed by atoms with E-state index < -0.39 is 17.0 Å². The number of carbonyl (C=O) groups is 1. The molecule has 0 aliphatic rings. The molecule has 0 aliphatic carbocycles. The third kappa shape index (κ3) is 4.53. The molecule has 0 radical (unpaired) electrons. The molecular weight excluding hydrogens is 299 g/mol. The molecule has 21 heavy (non-hydrogen) atoms. The fourth-order valence-electron chi connectivity index (χ4n) is 1.71. The number of amides is 1. The third-order valence-electron chi connectivity index (χ3n) is 2.68. The van der Waals surface area contributed by atoms with E-state index in [1.54, 1.807) is 0 Å². The van der Waals surface area contributed by atoms with Gasteiger partial charge < -0.3 is 5.32 Å². The van der Waals surface area contributed by atoms with Crippen LogP contribution in [0.25, 0.3) is 0 Å². The normalized spacial score (nSPS) is 11.2. The van der Waals surface area contributed by atoms with E-state index in [1.807, 2.05) is 30.3 Å². The average molecular weight is 311 g/mol. The van der Waals surface area contributed by atoms with Crippen LogP contribution in [0, 0.1) is 0 Å². The van der Waals surface area contributed by atoms with Crippen LogP contribution in [0.15, 0.2) is 54.6 Å². The zero-order valence-corrected chi connectivity index (χ0v) is 11.7. The summed E-state index contributed by atoms with van der Waals surface area (Å²) < 4.78 is 38.4. The summed E-state index contributed by atoms with van der Waals surface area (Å²) in [5.41, 5.74) is -0.143. The molecule has 0 fully saturated rings. The lowest BCUT2D eigenvalue weighted by Gasteiger charge is -2.13. The van der Waals surface area contributed by atoms with Crippen molar-refractivity contribution < 1.29 is 18.0 Å². The minimum atomic E-state index is -4.49. The molecule has 110 valence electrons. The Labute approximate surface area is 124 Å². The minimum Gasteiger partial charge on any atom is -0.316 e. The number of alkyl halides is 3. The van der Waals surface area contributed by atoms with Gasteiger partial charge in [0.15, 0.2) is 0 Å². The number of hydrogen-bond acceptors (Lipinski definition) is 2. The van der Waals surface area contributed by atoms with Crippen molar-refractivity contribution in [2.75, 3.05) is 5.32 Å². The molecule has 0 saturated heterocycles. The lowest BCUT2D eigenvalue weighted by Crippen LogP contribution is -2.13. The lowest BCUT2D eigenvalue weighted by atomic mass is 10.2. The molecular formula is C15H12F3NOS. The van der Waals surface area contributed by atoms with Crippen LogP contribution in [-0.4, -0.2) is 5.24 Å². The van der Waals surface area contributed by atoms with Crippen LogP contribution in [0.2, 0.25) is 0 Å². The summed E-state index contributed by atoms with van der Waals surface area (Å²) in [6.45, 7) is 0. The molecule has 0 heterocycles. The van der Waals surface area contributed by atoms with Crippen LogP contribution in [0.1, 0.15) is 11.1 Å². The van der Waals surface area contributed by atoms with Crippen molar-refractivity contribution in [3.63, 3.8) is 0 Å². The molecule has 6 heteroatoms. The Morgan fingerprint density at radius 1 is 1.00 bits per heavy atom. The number of benzene rings is 2. The number of hydrogen-bond donors (Lipinski definition) is 1. The zero-order valence-electron chi connectivity index (χ0n) is 10.9. The minimum absolute atomic E-state index is 0.226. The SMILES string of the molecule is O=C(Nc1ccccc1C(F)(F)F)SCc1ccccc1. The first-order valence-corrected chi connectivity index (χ1v) is 7.09. The molecule has 1 amide bonds. The van der Waals surface area contributed by atoms with Gasteiger partial charge >= 0.3 is 6.18 Å². The standard InChI is InChI=1S/C15H12F3NOS/c16-15(17,18)12-8-4-5-9-13(12)19-14(20)21-10-11-6-2-1-3-7-11/h1-9H,10H2,(H,19,20). The van der Waals surface area contributed by atoms with Gasteiger partial charge in [-0.05, 0) is 17.7 Å². The second-order valence-electron chi connectivity index (χ2n) is 4.23. The molecule has 2 aromatic carbocycles. The molecule has 0 aromatic heterocycles. The van der Waals surface area contributed by atoms with Gasteiger partial charge in [0.2, 0.25) is 0 Å². The van der Waals surface area contributed by atoms with Gasteiger partial charge in [-0.2, -0.15) is 13.2 Å². The maximum atomic E-state index is 12.8. The van der Waals surface area contributed by atoms with Gasteiger partial charge in [-0.3, -0.25) is 4.79 Å². The first-order chi connectivity index (χ1) is 9.97. The molecule has 2 aromatic rings. The number of para-hydroxylation sites is 1. The number of thioether (sulfide) groups is 1. The second-order valence-corrected chi connectivity index (χ2v) is 5.18. The van der Waals surface area contributed by atoms with Crippen molar-refractivity contribution in [2.24, 2.45) is 0 Å². The Bertz CT molecular complexity index is 614. The fraction of sp³-hybridized carbons (Fsp3) is 0.133. The van der Waals surface area contributed by atoms with Crippen LogP contribution in [0.5, 0.6) is 0 Å². The van der Waals surface area contributed by atoms with Crippen molar-refractivity contribution in [3.8, 4) is 0 Å². The molecule has 0 spiro atoms. The fourth-order valence-corrected chi connectivity index (χ4v) is 2.38. The summed E-state index contributed by atoms with van der Waals surface area (Å²) in [7, 11) is 0. The number of anilines is 1. The first-order valence-electron chi connectivity index (χ1n) is 6.11. The second kappa shape index (κ2) is 6.67. The lowest BCUT2D eigenvalue weighted by molar-refractivity contribution is -0.136. The van der Waals surface area contributed by atoms with Gasteiger partial charge in [0, 0.05) is 5.75 Å². The predicted octanol–water partition coefficient (Wildman–Crippen LogP) is 5.17. The van der Waals surface area contributed by atoms with E-state index in [0.29, 0.717) is 5.75 Å². The summed E-state index contributed by atoms with van der Waals surface area (Å²) in [5.74, 6) is 0.404. The monoisotopic (exact) mass is 311 g/mol. The highest BCUT2D eigenvalue weighted by Gasteiger charge is 2.33. The van der Waals surface area contributed by atoms with Crippen LogP contribution in [0.3, 0.4) is 0 Å². The Balaban J connectivity index is 2.00. The van der Waals surface area contributed by atoms with E-state index >= 15 is 0 Å². The molecule has 0 unspecified atom stereocenters. The number of halogens is 3. The molecule has 0 atom stereocenters. The largest absolute Gasteiger partial charge is 0.418 e. The van der Waals surface area contributed by atoms with E-state index in [9.17, 15) is 18.0 Å². The van der Waals surface area contributed by atoms with Gasteiger partial charge in [0.05, 0.1) is 11.3 Å². The summed E-state index contributed by atoms with van der Waals surface area (Å²) >= 11 is 0.926. The Morgan fingerprint density at radius 3 is 2.29 bits per heavy atom. The highest BCUT2D eigenvalue weighted by Crippen LogP contribution is 2.35. The zero-order chi connectivity index (χ0) is 15.3. The molecule has 1 N–H and O–H groups in total. The average Bonchev–Trinajstić information content (AvgIpc) is 2.46. The first kappa shape index (κ1) is 15.4. The van der Waals surface area contributed by atoms with Gasteiger partial charge in [0.25, 0.3) is 5.24 Å².